The van der Waals surface area contributed by atoms with Crippen LogP contribution in [0.5, 0.6) is 5.75 Å². The van der Waals surface area contributed by atoms with Crippen LogP contribution < -0.4 is 5.73 Å². The Morgan fingerprint density at radius 1 is 1.17 bits per heavy atom. The van der Waals surface area contributed by atoms with Crippen LogP contribution in [0.4, 0.5) is 5.69 Å². The highest BCUT2D eigenvalue weighted by Crippen LogP contribution is 2.28. The van der Waals surface area contributed by atoms with Crippen molar-refractivity contribution in [2.24, 2.45) is 7.05 Å². The number of anilines is 1. The Hall–Kier alpha value is -2.49. The third-order valence-electron chi connectivity index (χ3n) is 3.08. The molecule has 0 amide bonds. The molecule has 4 nitrogen and oxygen atoms in total. The van der Waals surface area contributed by atoms with Crippen molar-refractivity contribution in [1.29, 1.82) is 0 Å². The van der Waals surface area contributed by atoms with Crippen LogP contribution in [0.2, 0.25) is 0 Å². The van der Waals surface area contributed by atoms with Gasteiger partial charge in [0.1, 0.15) is 5.75 Å². The van der Waals surface area contributed by atoms with Gasteiger partial charge in [0, 0.05) is 18.5 Å². The Labute approximate surface area is 104 Å². The molecule has 3 rings (SSSR count). The second kappa shape index (κ2) is 3.77. The molecule has 0 spiro atoms. The number of nitrogens with two attached hydrogens (primary N) is 1. The fourth-order valence-corrected chi connectivity index (χ4v) is 2.12. The minimum Gasteiger partial charge on any atom is -0.508 e. The van der Waals surface area contributed by atoms with Crippen LogP contribution in [0, 0.1) is 0 Å². The van der Waals surface area contributed by atoms with Crippen LogP contribution in [-0.2, 0) is 7.05 Å². The molecule has 0 radical (unpaired) electrons. The van der Waals surface area contributed by atoms with Crippen LogP contribution in [0.15, 0.2) is 42.6 Å². The smallest absolute Gasteiger partial charge is 0.117 e. The summed E-state index contributed by atoms with van der Waals surface area (Å²) < 4.78 is 2.01. The molecular weight excluding hydrogens is 226 g/mol. The molecule has 0 aliphatic heterocycles. The number of phenols is 1. The summed E-state index contributed by atoms with van der Waals surface area (Å²) in [7, 11) is 1.95. The highest BCUT2D eigenvalue weighted by Gasteiger charge is 2.09. The lowest BCUT2D eigenvalue weighted by Crippen LogP contribution is -1.94. The van der Waals surface area contributed by atoms with Crippen molar-refractivity contribution >= 4 is 16.6 Å². The van der Waals surface area contributed by atoms with Crippen molar-refractivity contribution in [2.75, 3.05) is 5.73 Å². The van der Waals surface area contributed by atoms with E-state index in [-0.39, 0.29) is 5.75 Å². The van der Waals surface area contributed by atoms with E-state index in [1.165, 1.54) is 0 Å². The van der Waals surface area contributed by atoms with Gasteiger partial charge in [-0.05, 0) is 30.3 Å². The van der Waals surface area contributed by atoms with Crippen molar-refractivity contribution in [3.63, 3.8) is 0 Å². The van der Waals surface area contributed by atoms with Gasteiger partial charge in [-0.25, -0.2) is 0 Å². The molecular formula is C14H13N3O. The van der Waals surface area contributed by atoms with E-state index in [4.69, 9.17) is 5.73 Å². The predicted molar refractivity (Wildman–Crippen MR) is 72.2 cm³/mol. The van der Waals surface area contributed by atoms with Gasteiger partial charge in [0.2, 0.25) is 0 Å². The zero-order valence-corrected chi connectivity index (χ0v) is 9.96. The number of aromatic nitrogens is 2. The summed E-state index contributed by atoms with van der Waals surface area (Å²) in [5.41, 5.74) is 9.12. The van der Waals surface area contributed by atoms with Gasteiger partial charge in [-0.3, -0.25) is 4.98 Å². The summed E-state index contributed by atoms with van der Waals surface area (Å²) in [5.74, 6) is 0.264. The number of rotatable bonds is 1. The molecule has 3 N–H and O–H groups in total. The van der Waals surface area contributed by atoms with Crippen molar-refractivity contribution in [1.82, 2.24) is 9.55 Å². The molecule has 0 aliphatic carbocycles. The molecule has 2 aromatic heterocycles. The average Bonchev–Trinajstić information content (AvgIpc) is 2.68. The first-order valence-electron chi connectivity index (χ1n) is 5.65. The second-order valence-electron chi connectivity index (χ2n) is 4.31. The van der Waals surface area contributed by atoms with Gasteiger partial charge in [0.25, 0.3) is 0 Å². The van der Waals surface area contributed by atoms with E-state index < -0.39 is 0 Å². The van der Waals surface area contributed by atoms with Crippen molar-refractivity contribution < 1.29 is 5.11 Å². The molecule has 0 aliphatic rings. The Balaban J connectivity index is 2.23. The molecule has 90 valence electrons. The lowest BCUT2D eigenvalue weighted by Gasteiger charge is -2.04. The largest absolute Gasteiger partial charge is 0.508 e. The van der Waals surface area contributed by atoms with Crippen molar-refractivity contribution in [3.05, 3.63) is 42.6 Å². The van der Waals surface area contributed by atoms with Gasteiger partial charge in [-0.2, -0.15) is 0 Å². The first-order valence-corrected chi connectivity index (χ1v) is 5.65. The standard InChI is InChI=1S/C14H13N3O/c1-17-13-7-11(18)4-2-9(13)6-14(17)12-5-3-10(15)8-16-12/h2-8,18H,15H2,1H3. The Morgan fingerprint density at radius 3 is 2.72 bits per heavy atom. The number of fused-ring (bicyclic) bond motifs is 1. The van der Waals surface area contributed by atoms with Gasteiger partial charge < -0.3 is 15.4 Å². The summed E-state index contributed by atoms with van der Waals surface area (Å²) >= 11 is 0. The van der Waals surface area contributed by atoms with E-state index in [2.05, 4.69) is 4.98 Å². The summed E-state index contributed by atoms with van der Waals surface area (Å²) in [5, 5.41) is 10.6. The normalized spacial score (nSPS) is 10.9. The lowest BCUT2D eigenvalue weighted by atomic mass is 10.2. The van der Waals surface area contributed by atoms with Crippen LogP contribution in [0.3, 0.4) is 0 Å². The van der Waals surface area contributed by atoms with E-state index in [0.717, 1.165) is 22.3 Å². The molecule has 0 saturated heterocycles. The van der Waals surface area contributed by atoms with E-state index >= 15 is 0 Å². The molecule has 0 atom stereocenters. The van der Waals surface area contributed by atoms with Gasteiger partial charge in [0.05, 0.1) is 28.8 Å². The summed E-state index contributed by atoms with van der Waals surface area (Å²) in [6.45, 7) is 0. The first-order chi connectivity index (χ1) is 8.65. The summed E-state index contributed by atoms with van der Waals surface area (Å²) in [4.78, 5) is 4.32. The van der Waals surface area contributed by atoms with E-state index in [1.54, 1.807) is 18.3 Å². The van der Waals surface area contributed by atoms with E-state index in [0.29, 0.717) is 5.69 Å². The number of phenolic OH excluding ortho intramolecular Hbond substituents is 1. The number of pyridine rings is 1. The van der Waals surface area contributed by atoms with E-state index in [1.807, 2.05) is 35.9 Å². The number of aryl methyl sites for hydroxylation is 1. The topological polar surface area (TPSA) is 64.1 Å². The predicted octanol–water partition coefficient (Wildman–Crippen LogP) is 2.53. The molecule has 2 heterocycles. The van der Waals surface area contributed by atoms with Crippen LogP contribution in [0.1, 0.15) is 0 Å². The molecule has 0 fully saturated rings. The number of aromatic hydroxyl groups is 1. The zero-order chi connectivity index (χ0) is 12.7. The van der Waals surface area contributed by atoms with Crippen LogP contribution >= 0.6 is 0 Å². The number of nitrogen functional groups attached to an aromatic ring is 1. The Morgan fingerprint density at radius 2 is 2.00 bits per heavy atom. The van der Waals surface area contributed by atoms with Gasteiger partial charge in [-0.15, -0.1) is 0 Å². The van der Waals surface area contributed by atoms with Crippen LogP contribution in [-0.4, -0.2) is 14.7 Å². The first kappa shape index (κ1) is 10.7. The zero-order valence-electron chi connectivity index (χ0n) is 9.96. The fraction of sp³-hybridized carbons (Fsp3) is 0.0714. The number of hydrogen-bond donors (Lipinski definition) is 2. The van der Waals surface area contributed by atoms with Gasteiger partial charge >= 0.3 is 0 Å². The van der Waals surface area contributed by atoms with Crippen molar-refractivity contribution in [2.45, 2.75) is 0 Å². The number of nitrogens with zero attached hydrogens (tertiary/aromatic N) is 2. The quantitative estimate of drug-likeness (QED) is 0.685. The third kappa shape index (κ3) is 1.59. The lowest BCUT2D eigenvalue weighted by molar-refractivity contribution is 0.476. The SMILES string of the molecule is Cn1c(-c2ccc(N)cn2)cc2ccc(O)cc21. The minimum atomic E-state index is 0.264. The molecule has 0 saturated carbocycles. The van der Waals surface area contributed by atoms with Gasteiger partial charge in [0.15, 0.2) is 0 Å². The van der Waals surface area contributed by atoms with E-state index in [9.17, 15) is 5.11 Å². The Kier molecular flexibility index (Phi) is 2.23. The molecule has 0 bridgehead atoms. The third-order valence-corrected chi connectivity index (χ3v) is 3.08. The maximum Gasteiger partial charge on any atom is 0.117 e. The minimum absolute atomic E-state index is 0.264. The average molecular weight is 239 g/mol. The van der Waals surface area contributed by atoms with Crippen molar-refractivity contribution in [3.8, 4) is 17.1 Å². The summed E-state index contributed by atoms with van der Waals surface area (Å²) in [6, 6.07) is 11.1. The maximum atomic E-state index is 9.53. The molecule has 3 aromatic rings. The highest BCUT2D eigenvalue weighted by molar-refractivity contribution is 5.87. The molecule has 18 heavy (non-hydrogen) atoms. The fourth-order valence-electron chi connectivity index (χ4n) is 2.12. The number of hydrogen-bond acceptors (Lipinski definition) is 3. The monoisotopic (exact) mass is 239 g/mol. The number of benzene rings is 1. The highest BCUT2D eigenvalue weighted by atomic mass is 16.3. The van der Waals surface area contributed by atoms with Crippen LogP contribution in [0.25, 0.3) is 22.3 Å². The molecule has 4 heteroatoms. The van der Waals surface area contributed by atoms with Gasteiger partial charge in [-0.1, -0.05) is 0 Å². The Bertz CT molecular complexity index is 714. The molecule has 1 aromatic carbocycles. The summed E-state index contributed by atoms with van der Waals surface area (Å²) in [6.07, 6.45) is 1.64. The second-order valence-corrected chi connectivity index (χ2v) is 4.31. The molecule has 0 unspecified atom stereocenters. The maximum absolute atomic E-state index is 9.53.